The molecule has 0 saturated carbocycles. The number of hydrogen-bond acceptors (Lipinski definition) is 9. The van der Waals surface area contributed by atoms with Gasteiger partial charge in [0.25, 0.3) is 20.2 Å². The van der Waals surface area contributed by atoms with Gasteiger partial charge in [-0.05, 0) is 64.8 Å². The maximum Gasteiger partial charge on any atom is 0.297 e. The summed E-state index contributed by atoms with van der Waals surface area (Å²) in [5.41, 5.74) is -0.722. The molecule has 0 fully saturated rings. The van der Waals surface area contributed by atoms with E-state index < -0.39 is 60.2 Å². The first kappa shape index (κ1) is 34.0. The minimum atomic E-state index is -4.49. The Kier molecular flexibility index (Phi) is 8.86. The zero-order valence-electron chi connectivity index (χ0n) is 25.9. The number of hydrogen-bond donors (Lipinski definition) is 0. The molecule has 44 heavy (non-hydrogen) atoms. The number of aryl methyl sites for hydroxylation is 1. The summed E-state index contributed by atoms with van der Waals surface area (Å²) in [4.78, 5) is 13.4. The summed E-state index contributed by atoms with van der Waals surface area (Å²) in [6.07, 6.45) is 0. The van der Waals surface area contributed by atoms with E-state index in [1.165, 1.54) is 36.4 Å². The highest BCUT2D eigenvalue weighted by molar-refractivity contribution is 7.91. The standard InChI is InChI=1S/C32H38O9S3/c1-22-9-8-10-27-28(22)29(33)32(21-42(27,34)35,19-40-43(36,37)25-15-11-23(12-16-25)30(2,3)4)20-41-44(38,39)26-17-13-24(14-18-26)31(5,6)7/h8-18H,19-21H2,1-7H3. The van der Waals surface area contributed by atoms with E-state index in [9.17, 15) is 30.0 Å². The van der Waals surface area contributed by atoms with Gasteiger partial charge in [0.15, 0.2) is 15.6 Å². The lowest BCUT2D eigenvalue weighted by Gasteiger charge is -2.35. The number of Topliss-reactive ketones (excluding diaryl/α,β-unsaturated/α-hetero) is 1. The van der Waals surface area contributed by atoms with Gasteiger partial charge in [-0.25, -0.2) is 8.42 Å². The van der Waals surface area contributed by atoms with Crippen LogP contribution in [0.5, 0.6) is 0 Å². The molecule has 238 valence electrons. The molecule has 3 aromatic rings. The first-order chi connectivity index (χ1) is 20.1. The van der Waals surface area contributed by atoms with Crippen molar-refractivity contribution in [2.45, 2.75) is 74.0 Å². The van der Waals surface area contributed by atoms with Crippen LogP contribution in [0, 0.1) is 12.3 Å². The Labute approximate surface area is 260 Å². The van der Waals surface area contributed by atoms with E-state index in [0.717, 1.165) is 11.1 Å². The number of carbonyl (C=O) groups excluding carboxylic acids is 1. The monoisotopic (exact) mass is 662 g/mol. The summed E-state index contributed by atoms with van der Waals surface area (Å²) in [6, 6.07) is 16.4. The maximum atomic E-state index is 14.1. The highest BCUT2D eigenvalue weighted by Gasteiger charge is 2.52. The van der Waals surface area contributed by atoms with Crippen molar-refractivity contribution in [1.82, 2.24) is 0 Å². The normalized spacial score (nSPS) is 16.8. The van der Waals surface area contributed by atoms with Gasteiger partial charge in [-0.1, -0.05) is 77.9 Å². The van der Waals surface area contributed by atoms with Gasteiger partial charge < -0.3 is 0 Å². The molecule has 0 N–H and O–H groups in total. The third kappa shape index (κ3) is 6.84. The number of carbonyl (C=O) groups is 1. The van der Waals surface area contributed by atoms with Gasteiger partial charge in [0.05, 0.1) is 39.1 Å². The summed E-state index contributed by atoms with van der Waals surface area (Å²) in [7, 11) is -13.2. The smallest absolute Gasteiger partial charge is 0.293 e. The topological polar surface area (TPSA) is 138 Å². The predicted molar refractivity (Wildman–Crippen MR) is 167 cm³/mol. The van der Waals surface area contributed by atoms with E-state index in [1.807, 2.05) is 41.5 Å². The largest absolute Gasteiger partial charge is 0.297 e. The summed E-state index contributed by atoms with van der Waals surface area (Å²) in [5, 5.41) is 0. The lowest BCUT2D eigenvalue weighted by molar-refractivity contribution is 0.0585. The summed E-state index contributed by atoms with van der Waals surface area (Å²) in [5.74, 6) is -1.69. The minimum Gasteiger partial charge on any atom is -0.293 e. The van der Waals surface area contributed by atoms with E-state index in [0.29, 0.717) is 5.56 Å². The third-order valence-corrected chi connectivity index (χ3v) is 12.2. The van der Waals surface area contributed by atoms with Crippen molar-refractivity contribution in [3.8, 4) is 0 Å². The second-order valence-electron chi connectivity index (χ2n) is 13.3. The molecule has 3 aromatic carbocycles. The van der Waals surface area contributed by atoms with Crippen LogP contribution in [0.4, 0.5) is 0 Å². The zero-order valence-corrected chi connectivity index (χ0v) is 28.3. The Morgan fingerprint density at radius 1 is 0.705 bits per heavy atom. The molecule has 9 nitrogen and oxygen atoms in total. The maximum absolute atomic E-state index is 14.1. The lowest BCUT2D eigenvalue weighted by Crippen LogP contribution is -2.50. The van der Waals surface area contributed by atoms with Crippen molar-refractivity contribution in [1.29, 1.82) is 0 Å². The number of fused-ring (bicyclic) bond motifs is 1. The second-order valence-corrected chi connectivity index (χ2v) is 18.5. The lowest BCUT2D eigenvalue weighted by atomic mass is 9.81. The molecular formula is C32H38O9S3. The van der Waals surface area contributed by atoms with Crippen LogP contribution in [0.2, 0.25) is 0 Å². The first-order valence-corrected chi connectivity index (χ1v) is 18.4. The fourth-order valence-corrected chi connectivity index (χ4v) is 8.98. The molecule has 12 heteroatoms. The summed E-state index contributed by atoms with van der Waals surface area (Å²) >= 11 is 0. The van der Waals surface area contributed by atoms with Crippen molar-refractivity contribution in [3.05, 3.63) is 89.0 Å². The molecule has 0 aliphatic carbocycles. The molecule has 0 spiro atoms. The van der Waals surface area contributed by atoms with Crippen molar-refractivity contribution >= 4 is 35.9 Å². The molecule has 1 aliphatic rings. The fraction of sp³-hybridized carbons (Fsp3) is 0.406. The van der Waals surface area contributed by atoms with E-state index >= 15 is 0 Å². The molecule has 0 atom stereocenters. The van der Waals surface area contributed by atoms with Gasteiger partial charge in [0.1, 0.15) is 0 Å². The van der Waals surface area contributed by atoms with Crippen LogP contribution in [-0.4, -0.2) is 50.0 Å². The third-order valence-electron chi connectivity index (χ3n) is 7.74. The quantitative estimate of drug-likeness (QED) is 0.292. The van der Waals surface area contributed by atoms with E-state index in [4.69, 9.17) is 8.37 Å². The van der Waals surface area contributed by atoms with Crippen molar-refractivity contribution < 1.29 is 38.4 Å². The van der Waals surface area contributed by atoms with E-state index in [2.05, 4.69) is 0 Å². The summed E-state index contributed by atoms with van der Waals surface area (Å²) in [6.45, 7) is 11.5. The molecule has 0 aromatic heterocycles. The molecule has 0 amide bonds. The molecule has 0 bridgehead atoms. The molecular weight excluding hydrogens is 625 g/mol. The fourth-order valence-electron chi connectivity index (χ4n) is 4.98. The average molecular weight is 663 g/mol. The van der Waals surface area contributed by atoms with Gasteiger partial charge in [-0.3, -0.25) is 13.2 Å². The highest BCUT2D eigenvalue weighted by Crippen LogP contribution is 2.40. The number of benzene rings is 3. The van der Waals surface area contributed by atoms with Crippen molar-refractivity contribution in [2.24, 2.45) is 5.41 Å². The van der Waals surface area contributed by atoms with Gasteiger partial charge in [-0.2, -0.15) is 16.8 Å². The molecule has 0 saturated heterocycles. The molecule has 1 aliphatic heterocycles. The van der Waals surface area contributed by atoms with Crippen LogP contribution in [0.3, 0.4) is 0 Å². The summed E-state index contributed by atoms with van der Waals surface area (Å²) < 4.78 is 90.6. The van der Waals surface area contributed by atoms with E-state index in [1.54, 1.807) is 37.3 Å². The number of rotatable bonds is 8. The average Bonchev–Trinajstić information content (AvgIpc) is 2.93. The molecule has 0 unspecified atom stereocenters. The Morgan fingerprint density at radius 2 is 1.11 bits per heavy atom. The molecule has 4 rings (SSSR count). The van der Waals surface area contributed by atoms with Crippen LogP contribution >= 0.6 is 0 Å². The zero-order chi connectivity index (χ0) is 32.9. The Balaban J connectivity index is 1.72. The molecule has 0 radical (unpaired) electrons. The van der Waals surface area contributed by atoms with Crippen LogP contribution in [-0.2, 0) is 49.3 Å². The van der Waals surface area contributed by atoms with Crippen molar-refractivity contribution in [2.75, 3.05) is 19.0 Å². The SMILES string of the molecule is Cc1cccc2c1C(=O)C(COS(=O)(=O)c1ccc(C(C)(C)C)cc1)(COS(=O)(=O)c1ccc(C(C)(C)C)cc1)CS2(=O)=O. The van der Waals surface area contributed by atoms with E-state index in [-0.39, 0.29) is 31.1 Å². The second kappa shape index (κ2) is 11.5. The van der Waals surface area contributed by atoms with Crippen LogP contribution in [0.25, 0.3) is 0 Å². The van der Waals surface area contributed by atoms with Crippen molar-refractivity contribution in [3.63, 3.8) is 0 Å². The van der Waals surface area contributed by atoms with Crippen LogP contribution in [0.15, 0.2) is 81.4 Å². The number of sulfone groups is 1. The van der Waals surface area contributed by atoms with Gasteiger partial charge in [0, 0.05) is 5.56 Å². The first-order valence-electron chi connectivity index (χ1n) is 14.0. The van der Waals surface area contributed by atoms with Gasteiger partial charge in [-0.15, -0.1) is 0 Å². The van der Waals surface area contributed by atoms with Crippen LogP contribution in [0.1, 0.15) is 68.6 Å². The van der Waals surface area contributed by atoms with Gasteiger partial charge in [0.2, 0.25) is 0 Å². The highest BCUT2D eigenvalue weighted by atomic mass is 32.2. The minimum absolute atomic E-state index is 0.148. The Bertz CT molecular complexity index is 1800. The number of ketones is 1. The Hall–Kier alpha value is -2.90. The van der Waals surface area contributed by atoms with Gasteiger partial charge >= 0.3 is 0 Å². The Morgan fingerprint density at radius 3 is 1.50 bits per heavy atom. The van der Waals surface area contributed by atoms with Crippen LogP contribution < -0.4 is 0 Å². The predicted octanol–water partition coefficient (Wildman–Crippen LogP) is 5.36. The molecule has 1 heterocycles.